The van der Waals surface area contributed by atoms with Gasteiger partial charge in [0, 0.05) is 0 Å². The van der Waals surface area contributed by atoms with Crippen molar-refractivity contribution in [2.45, 2.75) is 0 Å². The summed E-state index contributed by atoms with van der Waals surface area (Å²) in [5.74, 6) is 0. The molecule has 0 radical (unpaired) electrons. The van der Waals surface area contributed by atoms with Crippen molar-refractivity contribution in [3.05, 3.63) is 28.7 Å². The van der Waals surface area contributed by atoms with Crippen LogP contribution in [0.15, 0.2) is 0 Å². The van der Waals surface area contributed by atoms with Gasteiger partial charge < -0.3 is 28.7 Å². The van der Waals surface area contributed by atoms with Crippen LogP contribution in [0.25, 0.3) is 21.3 Å². The van der Waals surface area contributed by atoms with Gasteiger partial charge in [0.2, 0.25) is 0 Å². The second-order valence-corrected chi connectivity index (χ2v) is 1.79. The molecule has 88 valence electrons. The number of hydrogen-bond acceptors (Lipinski definition) is 0. The maximum Gasteiger partial charge on any atom is 5.00 e. The quantitative estimate of drug-likeness (QED) is 0.588. The molecule has 0 aromatic rings. The molecule has 0 aliphatic heterocycles. The van der Waals surface area contributed by atoms with E-state index in [1.165, 1.54) is 0 Å². The van der Waals surface area contributed by atoms with Gasteiger partial charge in [-0.2, -0.15) is 56.4 Å². The Labute approximate surface area is 108 Å². The first-order chi connectivity index (χ1) is 5.66. The summed E-state index contributed by atoms with van der Waals surface area (Å²) in [6.45, 7) is 0. The Morgan fingerprint density at radius 1 is 0.429 bits per heavy atom. The van der Waals surface area contributed by atoms with E-state index in [4.69, 9.17) is 0 Å². The van der Waals surface area contributed by atoms with Crippen LogP contribution < -0.4 is 0 Å². The van der Waals surface area contributed by atoms with E-state index in [0.717, 1.165) is 0 Å². The molecule has 0 atom stereocenters. The van der Waals surface area contributed by atoms with Crippen molar-refractivity contribution in [1.82, 2.24) is 0 Å². The van der Waals surface area contributed by atoms with E-state index in [1.54, 1.807) is 56.4 Å². The Morgan fingerprint density at radius 3 is 0.429 bits per heavy atom. The molecule has 0 spiro atoms. The molecule has 0 unspecified atom stereocenters. The van der Waals surface area contributed by atoms with Crippen LogP contribution in [0.4, 0.5) is 0 Å². The van der Waals surface area contributed by atoms with Crippen LogP contribution in [0.3, 0.4) is 0 Å². The number of hydrogen-bond donors (Lipinski definition) is 0. The average Bonchev–Trinajstić information content (AvgIpc) is 1.92. The van der Waals surface area contributed by atoms with E-state index >= 15 is 0 Å². The van der Waals surface area contributed by atoms with Gasteiger partial charge in [-0.3, -0.25) is 0 Å². The van der Waals surface area contributed by atoms with Crippen LogP contribution in [-0.4, -0.2) is 56.4 Å². The maximum absolute atomic E-state index is 3.50. The minimum atomic E-state index is 0. The molecule has 0 aliphatic rings. The Bertz CT molecular complexity index is 24.8. The van der Waals surface area contributed by atoms with E-state index < -0.39 is 0 Å². The fourth-order valence-corrected chi connectivity index (χ4v) is 0. The van der Waals surface area contributed by atoms with E-state index in [2.05, 4.69) is 21.3 Å². The minimum Gasteiger partial charge on any atom is -0.668 e. The van der Waals surface area contributed by atoms with Crippen LogP contribution in [0.5, 0.6) is 0 Å². The largest absolute Gasteiger partial charge is 5.00 e. The standard InChI is InChI=1S/4C2H6N.CH3.Ta/c4*1-3-2;;/h4*1-2H3;1H3;/q5*-1;+5. The van der Waals surface area contributed by atoms with Gasteiger partial charge in [0.1, 0.15) is 0 Å². The molecular formula is C9H27N4Ta. The smallest absolute Gasteiger partial charge is 0.668 e. The minimum absolute atomic E-state index is 0. The molecule has 0 rings (SSSR count). The van der Waals surface area contributed by atoms with Crippen molar-refractivity contribution in [2.75, 3.05) is 56.4 Å². The summed E-state index contributed by atoms with van der Waals surface area (Å²) < 4.78 is 0. The van der Waals surface area contributed by atoms with Crippen molar-refractivity contribution < 1.29 is 22.4 Å². The van der Waals surface area contributed by atoms with E-state index in [1.807, 2.05) is 0 Å². The molecule has 0 saturated carbocycles. The molecule has 14 heavy (non-hydrogen) atoms. The molecule has 0 saturated heterocycles. The zero-order valence-corrected chi connectivity index (χ0v) is 14.4. The molecule has 0 bridgehead atoms. The van der Waals surface area contributed by atoms with Crippen molar-refractivity contribution in [3.63, 3.8) is 0 Å². The second-order valence-electron chi connectivity index (χ2n) is 1.79. The molecule has 4 nitrogen and oxygen atoms in total. The molecule has 0 aromatic heterocycles. The average molecular weight is 372 g/mol. The van der Waals surface area contributed by atoms with E-state index in [9.17, 15) is 0 Å². The van der Waals surface area contributed by atoms with Crippen LogP contribution in [0.2, 0.25) is 0 Å². The van der Waals surface area contributed by atoms with E-state index in [-0.39, 0.29) is 29.8 Å². The summed E-state index contributed by atoms with van der Waals surface area (Å²) in [5, 5.41) is 14.0. The maximum atomic E-state index is 3.50. The van der Waals surface area contributed by atoms with Crippen LogP contribution >= 0.6 is 0 Å². The van der Waals surface area contributed by atoms with Crippen molar-refractivity contribution in [1.29, 1.82) is 0 Å². The normalized spacial score (nSPS) is 5.14. The zero-order valence-electron chi connectivity index (χ0n) is 11.2. The van der Waals surface area contributed by atoms with Gasteiger partial charge in [-0.25, -0.2) is 0 Å². The Balaban J connectivity index is -0.0000000145. The predicted octanol–water partition coefficient (Wildman–Crippen LogP) is 2.93. The van der Waals surface area contributed by atoms with Crippen molar-refractivity contribution in [2.24, 2.45) is 0 Å². The van der Waals surface area contributed by atoms with Crippen molar-refractivity contribution in [3.8, 4) is 0 Å². The van der Waals surface area contributed by atoms with Crippen molar-refractivity contribution >= 4 is 0 Å². The van der Waals surface area contributed by atoms with Crippen LogP contribution in [0, 0.1) is 7.43 Å². The summed E-state index contributed by atoms with van der Waals surface area (Å²) in [7, 11) is 14.0. The molecular weight excluding hydrogens is 345 g/mol. The molecule has 0 fully saturated rings. The van der Waals surface area contributed by atoms with Gasteiger partial charge in [-0.1, -0.05) is 0 Å². The summed E-state index contributed by atoms with van der Waals surface area (Å²) in [6.07, 6.45) is 0. The first kappa shape index (κ1) is 36.5. The van der Waals surface area contributed by atoms with Gasteiger partial charge in [-0.05, 0) is 0 Å². The van der Waals surface area contributed by atoms with Gasteiger partial charge in [0.15, 0.2) is 0 Å². The molecule has 0 N–H and O–H groups in total. The van der Waals surface area contributed by atoms with Gasteiger partial charge in [0.05, 0.1) is 0 Å². The van der Waals surface area contributed by atoms with Crippen LogP contribution in [-0.2, 0) is 22.4 Å². The molecule has 5 heteroatoms. The first-order valence-electron chi connectivity index (χ1n) is 3.58. The first-order valence-corrected chi connectivity index (χ1v) is 3.58. The third-order valence-electron chi connectivity index (χ3n) is 0. The van der Waals surface area contributed by atoms with E-state index in [0.29, 0.717) is 0 Å². The summed E-state index contributed by atoms with van der Waals surface area (Å²) >= 11 is 0. The molecule has 0 amide bonds. The summed E-state index contributed by atoms with van der Waals surface area (Å²) in [4.78, 5) is 0. The number of nitrogens with zero attached hydrogens (tertiary/aromatic N) is 4. The second kappa shape index (κ2) is 102. The summed E-state index contributed by atoms with van der Waals surface area (Å²) in [5.41, 5.74) is 0. The molecule has 0 heterocycles. The van der Waals surface area contributed by atoms with Gasteiger partial charge >= 0.3 is 22.4 Å². The Morgan fingerprint density at radius 2 is 0.429 bits per heavy atom. The van der Waals surface area contributed by atoms with Gasteiger partial charge in [-0.15, -0.1) is 0 Å². The Hall–Kier alpha value is 0.580. The third-order valence-corrected chi connectivity index (χ3v) is 0. The fraction of sp³-hybridized carbons (Fsp3) is 0.889. The Kier molecular flexibility index (Phi) is 267. The molecule has 0 aromatic carbocycles. The third kappa shape index (κ3) is 5010. The monoisotopic (exact) mass is 372 g/mol. The molecule has 0 aliphatic carbocycles. The SMILES string of the molecule is C[N-]C.C[N-]C.C[N-]C.C[N-]C.[CH3-].[Ta+5]. The zero-order chi connectivity index (χ0) is 10.8. The summed E-state index contributed by atoms with van der Waals surface area (Å²) in [6, 6.07) is 0. The fourth-order valence-electron chi connectivity index (χ4n) is 0. The topological polar surface area (TPSA) is 56.4 Å². The predicted molar refractivity (Wildman–Crippen MR) is 67.2 cm³/mol. The number of rotatable bonds is 0. The van der Waals surface area contributed by atoms with Crippen LogP contribution in [0.1, 0.15) is 0 Å². The van der Waals surface area contributed by atoms with Gasteiger partial charge in [0.25, 0.3) is 0 Å².